The molecule has 0 fully saturated rings. The number of nitrogens with zero attached hydrogens (tertiary/aromatic N) is 2. The normalized spacial score (nSPS) is 12.4. The number of aliphatic carboxylic acids is 1. The lowest BCUT2D eigenvalue weighted by molar-refractivity contribution is -0.384. The molecule has 104 valence electrons. The summed E-state index contributed by atoms with van der Waals surface area (Å²) in [5.74, 6) is -0.843. The molecule has 0 amide bonds. The van der Waals surface area contributed by atoms with Gasteiger partial charge in [0.05, 0.1) is 11.3 Å². The van der Waals surface area contributed by atoms with Crippen molar-refractivity contribution in [2.45, 2.75) is 32.9 Å². The summed E-state index contributed by atoms with van der Waals surface area (Å²) >= 11 is 0. The Balaban J connectivity index is 2.77. The third-order valence-corrected chi connectivity index (χ3v) is 3.01. The van der Waals surface area contributed by atoms with Gasteiger partial charge in [-0.1, -0.05) is 19.1 Å². The SMILES string of the molecule is CCN(Cc1cccc([N+](=O)[O-])c1)C(C)CC(=O)O. The Morgan fingerprint density at radius 3 is 2.74 bits per heavy atom. The second-order valence-corrected chi connectivity index (χ2v) is 4.44. The quantitative estimate of drug-likeness (QED) is 0.604. The molecule has 1 atom stereocenters. The van der Waals surface area contributed by atoms with Crippen molar-refractivity contribution >= 4 is 11.7 Å². The monoisotopic (exact) mass is 266 g/mol. The summed E-state index contributed by atoms with van der Waals surface area (Å²) < 4.78 is 0. The summed E-state index contributed by atoms with van der Waals surface area (Å²) in [5, 5.41) is 19.5. The second kappa shape index (κ2) is 6.84. The van der Waals surface area contributed by atoms with Crippen molar-refractivity contribution in [1.29, 1.82) is 0 Å². The molecule has 0 aromatic heterocycles. The van der Waals surface area contributed by atoms with Crippen molar-refractivity contribution in [3.63, 3.8) is 0 Å². The molecule has 1 unspecified atom stereocenters. The number of nitro benzene ring substituents is 1. The van der Waals surface area contributed by atoms with Crippen molar-refractivity contribution in [3.05, 3.63) is 39.9 Å². The van der Waals surface area contributed by atoms with Gasteiger partial charge >= 0.3 is 5.97 Å². The van der Waals surface area contributed by atoms with Crippen LogP contribution in [0.1, 0.15) is 25.8 Å². The number of nitro groups is 1. The highest BCUT2D eigenvalue weighted by Crippen LogP contribution is 2.16. The summed E-state index contributed by atoms with van der Waals surface area (Å²) in [4.78, 5) is 23.0. The zero-order chi connectivity index (χ0) is 14.4. The Morgan fingerprint density at radius 2 is 2.21 bits per heavy atom. The van der Waals surface area contributed by atoms with Crippen LogP contribution in [0.5, 0.6) is 0 Å². The molecule has 0 spiro atoms. The first kappa shape index (κ1) is 15.1. The number of hydrogen-bond donors (Lipinski definition) is 1. The molecule has 0 radical (unpaired) electrons. The van der Waals surface area contributed by atoms with E-state index >= 15 is 0 Å². The summed E-state index contributed by atoms with van der Waals surface area (Å²) in [7, 11) is 0. The van der Waals surface area contributed by atoms with E-state index < -0.39 is 10.9 Å². The van der Waals surface area contributed by atoms with E-state index in [4.69, 9.17) is 5.11 Å². The number of non-ortho nitro benzene ring substituents is 1. The summed E-state index contributed by atoms with van der Waals surface area (Å²) in [6, 6.07) is 6.31. The molecule has 1 aromatic rings. The van der Waals surface area contributed by atoms with E-state index in [0.29, 0.717) is 13.1 Å². The lowest BCUT2D eigenvalue weighted by atomic mass is 10.1. The molecule has 1 aromatic carbocycles. The summed E-state index contributed by atoms with van der Waals surface area (Å²) in [6.07, 6.45) is 0.0583. The van der Waals surface area contributed by atoms with Crippen LogP contribution in [0.3, 0.4) is 0 Å². The first-order valence-corrected chi connectivity index (χ1v) is 6.13. The molecule has 0 saturated carbocycles. The molecule has 0 heterocycles. The predicted octanol–water partition coefficient (Wildman–Crippen LogP) is 2.28. The smallest absolute Gasteiger partial charge is 0.304 e. The predicted molar refractivity (Wildman–Crippen MR) is 70.9 cm³/mol. The average Bonchev–Trinajstić information content (AvgIpc) is 2.35. The summed E-state index contributed by atoms with van der Waals surface area (Å²) in [5.41, 5.74) is 0.868. The van der Waals surface area contributed by atoms with Gasteiger partial charge in [-0.05, 0) is 19.0 Å². The van der Waals surface area contributed by atoms with E-state index in [1.54, 1.807) is 6.07 Å². The van der Waals surface area contributed by atoms with Crippen molar-refractivity contribution in [1.82, 2.24) is 4.90 Å². The van der Waals surface area contributed by atoms with Gasteiger partial charge in [0, 0.05) is 24.7 Å². The minimum absolute atomic E-state index is 0.0550. The third kappa shape index (κ3) is 4.67. The van der Waals surface area contributed by atoms with E-state index in [1.807, 2.05) is 24.8 Å². The number of rotatable bonds is 7. The molecule has 6 heteroatoms. The van der Waals surface area contributed by atoms with Crippen molar-refractivity contribution in [2.24, 2.45) is 0 Å². The zero-order valence-corrected chi connectivity index (χ0v) is 11.1. The standard InChI is InChI=1S/C13H18N2O4/c1-3-14(10(2)7-13(16)17)9-11-5-4-6-12(8-11)15(18)19/h4-6,8,10H,3,7,9H2,1-2H3,(H,16,17). The van der Waals surface area contributed by atoms with E-state index in [-0.39, 0.29) is 18.2 Å². The first-order valence-electron chi connectivity index (χ1n) is 6.13. The molecule has 1 rings (SSSR count). The number of carbonyl (C=O) groups is 1. The van der Waals surface area contributed by atoms with E-state index in [0.717, 1.165) is 5.56 Å². The van der Waals surface area contributed by atoms with Gasteiger partial charge in [0.25, 0.3) is 5.69 Å². The third-order valence-electron chi connectivity index (χ3n) is 3.01. The Hall–Kier alpha value is -1.95. The van der Waals surface area contributed by atoms with Crippen LogP contribution in [-0.4, -0.2) is 33.5 Å². The van der Waals surface area contributed by atoms with Gasteiger partial charge in [0.15, 0.2) is 0 Å². The molecule has 0 aliphatic rings. The molecule has 0 saturated heterocycles. The van der Waals surface area contributed by atoms with Crippen LogP contribution in [0.25, 0.3) is 0 Å². The van der Waals surface area contributed by atoms with Crippen LogP contribution >= 0.6 is 0 Å². The largest absolute Gasteiger partial charge is 0.481 e. The maximum Gasteiger partial charge on any atom is 0.304 e. The van der Waals surface area contributed by atoms with Crippen molar-refractivity contribution < 1.29 is 14.8 Å². The number of carboxylic acids is 1. The highest BCUT2D eigenvalue weighted by molar-refractivity contribution is 5.67. The van der Waals surface area contributed by atoms with Crippen LogP contribution in [0.4, 0.5) is 5.69 Å². The fourth-order valence-electron chi connectivity index (χ4n) is 1.96. The van der Waals surface area contributed by atoms with Crippen LogP contribution in [0, 0.1) is 10.1 Å². The molecule has 6 nitrogen and oxygen atoms in total. The minimum atomic E-state index is -0.843. The Bertz CT molecular complexity index is 462. The lowest BCUT2D eigenvalue weighted by Crippen LogP contribution is -2.34. The van der Waals surface area contributed by atoms with Gasteiger partial charge in [0.1, 0.15) is 0 Å². The van der Waals surface area contributed by atoms with Gasteiger partial charge in [-0.15, -0.1) is 0 Å². The van der Waals surface area contributed by atoms with E-state index in [9.17, 15) is 14.9 Å². The summed E-state index contributed by atoms with van der Waals surface area (Å²) in [6.45, 7) is 4.98. The number of carboxylic acid groups (broad SMARTS) is 1. The Morgan fingerprint density at radius 1 is 1.53 bits per heavy atom. The fourth-order valence-corrected chi connectivity index (χ4v) is 1.96. The van der Waals surface area contributed by atoms with Crippen molar-refractivity contribution in [2.75, 3.05) is 6.54 Å². The van der Waals surface area contributed by atoms with Crippen LogP contribution in [0.2, 0.25) is 0 Å². The number of benzene rings is 1. The van der Waals surface area contributed by atoms with Crippen molar-refractivity contribution in [3.8, 4) is 0 Å². The van der Waals surface area contributed by atoms with E-state index in [1.165, 1.54) is 12.1 Å². The van der Waals surface area contributed by atoms with Crippen LogP contribution in [0.15, 0.2) is 24.3 Å². The van der Waals surface area contributed by atoms with Crippen LogP contribution in [-0.2, 0) is 11.3 Å². The van der Waals surface area contributed by atoms with Gasteiger partial charge < -0.3 is 5.11 Å². The number of hydrogen-bond acceptors (Lipinski definition) is 4. The van der Waals surface area contributed by atoms with Gasteiger partial charge in [0.2, 0.25) is 0 Å². The topological polar surface area (TPSA) is 83.7 Å². The maximum absolute atomic E-state index is 10.7. The van der Waals surface area contributed by atoms with Gasteiger partial charge in [-0.2, -0.15) is 0 Å². The highest BCUT2D eigenvalue weighted by atomic mass is 16.6. The second-order valence-electron chi connectivity index (χ2n) is 4.44. The first-order chi connectivity index (χ1) is 8.93. The lowest BCUT2D eigenvalue weighted by Gasteiger charge is -2.26. The maximum atomic E-state index is 10.7. The van der Waals surface area contributed by atoms with Crippen LogP contribution < -0.4 is 0 Å². The van der Waals surface area contributed by atoms with Gasteiger partial charge in [-0.25, -0.2) is 0 Å². The van der Waals surface area contributed by atoms with Gasteiger partial charge in [-0.3, -0.25) is 19.8 Å². The average molecular weight is 266 g/mol. The molecule has 0 aliphatic carbocycles. The highest BCUT2D eigenvalue weighted by Gasteiger charge is 2.16. The Labute approximate surface area is 111 Å². The zero-order valence-electron chi connectivity index (χ0n) is 11.1. The molecule has 19 heavy (non-hydrogen) atoms. The Kier molecular flexibility index (Phi) is 5.44. The fraction of sp³-hybridized carbons (Fsp3) is 0.462. The molecule has 0 aliphatic heterocycles. The molecular weight excluding hydrogens is 248 g/mol. The molecule has 0 bridgehead atoms. The minimum Gasteiger partial charge on any atom is -0.481 e. The van der Waals surface area contributed by atoms with E-state index in [2.05, 4.69) is 0 Å². The molecular formula is C13H18N2O4. The molecule has 1 N–H and O–H groups in total.